The van der Waals surface area contributed by atoms with E-state index in [1.54, 1.807) is 0 Å². The second-order valence-electron chi connectivity index (χ2n) is 5.90. The molecule has 0 atom stereocenters. The molecule has 0 bridgehead atoms. The summed E-state index contributed by atoms with van der Waals surface area (Å²) >= 11 is 0. The quantitative estimate of drug-likeness (QED) is 0.428. The minimum Gasteiger partial charge on any atom is -0.495 e. The zero-order valence-electron chi connectivity index (χ0n) is 16.3. The van der Waals surface area contributed by atoms with Crippen molar-refractivity contribution in [3.05, 3.63) is 46.0 Å². The molecule has 0 aromatic heterocycles. The number of nitrogens with zero attached hydrogens (tertiary/aromatic N) is 1. The summed E-state index contributed by atoms with van der Waals surface area (Å²) in [6.45, 7) is -3.27. The predicted molar refractivity (Wildman–Crippen MR) is 106 cm³/mol. The lowest BCUT2D eigenvalue weighted by Crippen LogP contribution is -2.16. The molecule has 11 nitrogen and oxygen atoms in total. The van der Waals surface area contributed by atoms with Gasteiger partial charge in [0.2, 0.25) is 10.0 Å². The highest BCUT2D eigenvalue weighted by Gasteiger charge is 2.26. The summed E-state index contributed by atoms with van der Waals surface area (Å²) in [6.07, 6.45) is 0.913. The number of halogens is 2. The Bertz CT molecular complexity index is 1110. The average Bonchev–Trinajstić information content (AvgIpc) is 2.66. The summed E-state index contributed by atoms with van der Waals surface area (Å²) in [5, 5.41) is 13.7. The third kappa shape index (κ3) is 6.15. The summed E-state index contributed by atoms with van der Waals surface area (Å²) in [7, 11) is -1.26. The molecule has 2 rings (SSSR count). The fourth-order valence-corrected chi connectivity index (χ4v) is 3.05. The molecule has 0 spiro atoms. The Hall–Kier alpha value is -3.68. The topological polar surface area (TPSA) is 146 Å². The lowest BCUT2D eigenvalue weighted by Gasteiger charge is -2.14. The average molecular weight is 461 g/mol. The number of ether oxygens (including phenoxy) is 3. The van der Waals surface area contributed by atoms with Crippen LogP contribution in [0.3, 0.4) is 0 Å². The fraction of sp³-hybridized carbons (Fsp3) is 0.235. The van der Waals surface area contributed by atoms with E-state index >= 15 is 0 Å². The number of alkyl halides is 2. The molecule has 31 heavy (non-hydrogen) atoms. The molecule has 0 unspecified atom stereocenters. The van der Waals surface area contributed by atoms with Gasteiger partial charge in [-0.15, -0.1) is 0 Å². The van der Waals surface area contributed by atoms with Gasteiger partial charge in [0.05, 0.1) is 37.2 Å². The van der Waals surface area contributed by atoms with Gasteiger partial charge < -0.3 is 19.5 Å². The minimum atomic E-state index is -3.67. The van der Waals surface area contributed by atoms with Crippen molar-refractivity contribution in [2.45, 2.75) is 6.61 Å². The van der Waals surface area contributed by atoms with Crippen molar-refractivity contribution in [2.24, 2.45) is 0 Å². The number of rotatable bonds is 9. The molecule has 0 saturated carbocycles. The molecule has 168 valence electrons. The molecule has 14 heteroatoms. The van der Waals surface area contributed by atoms with Gasteiger partial charge in [-0.05, 0) is 18.2 Å². The normalized spacial score (nSPS) is 11.0. The van der Waals surface area contributed by atoms with E-state index in [4.69, 9.17) is 9.47 Å². The van der Waals surface area contributed by atoms with Crippen LogP contribution < -0.4 is 24.2 Å². The SMILES string of the molecule is COc1ccc(NC(=O)c2cc(OC)c(OC(F)F)cc2[N+](=O)[O-])cc1NS(C)(=O)=O. The van der Waals surface area contributed by atoms with Crippen LogP contribution in [0.25, 0.3) is 0 Å². The van der Waals surface area contributed by atoms with E-state index in [-0.39, 0.29) is 22.9 Å². The van der Waals surface area contributed by atoms with Crippen molar-refractivity contribution < 1.29 is 41.1 Å². The summed E-state index contributed by atoms with van der Waals surface area (Å²) in [5.74, 6) is -1.77. The van der Waals surface area contributed by atoms with E-state index in [0.717, 1.165) is 19.4 Å². The molecule has 0 heterocycles. The number of methoxy groups -OCH3 is 2. The van der Waals surface area contributed by atoms with Gasteiger partial charge in [-0.2, -0.15) is 8.78 Å². The molecule has 0 aliphatic rings. The minimum absolute atomic E-state index is 0.00978. The summed E-state index contributed by atoms with van der Waals surface area (Å²) in [4.78, 5) is 23.1. The van der Waals surface area contributed by atoms with E-state index in [0.29, 0.717) is 6.07 Å². The van der Waals surface area contributed by atoms with Crippen LogP contribution in [0, 0.1) is 10.1 Å². The number of carbonyl (C=O) groups is 1. The first-order valence-corrected chi connectivity index (χ1v) is 10.1. The number of sulfonamides is 1. The van der Waals surface area contributed by atoms with E-state index in [1.165, 1.54) is 25.3 Å². The standard InChI is InChI=1S/C17H17F2N3O8S/c1-28-13-5-4-9(6-11(13)21-31(3,26)27)20-16(23)10-7-14(29-2)15(30-17(18)19)8-12(10)22(24)25/h4-8,17,21H,1-3H3,(H,20,23). The van der Waals surface area contributed by atoms with E-state index in [1.807, 2.05) is 0 Å². The van der Waals surface area contributed by atoms with Crippen molar-refractivity contribution in [3.8, 4) is 17.2 Å². The molecular weight excluding hydrogens is 444 g/mol. The molecule has 1 amide bonds. The first-order valence-electron chi connectivity index (χ1n) is 8.23. The van der Waals surface area contributed by atoms with Gasteiger partial charge in [0.25, 0.3) is 11.6 Å². The van der Waals surface area contributed by atoms with Crippen LogP contribution in [0.4, 0.5) is 25.8 Å². The highest BCUT2D eigenvalue weighted by Crippen LogP contribution is 2.36. The lowest BCUT2D eigenvalue weighted by atomic mass is 10.1. The third-order valence-corrected chi connectivity index (χ3v) is 4.28. The van der Waals surface area contributed by atoms with E-state index in [9.17, 15) is 32.1 Å². The molecule has 2 N–H and O–H groups in total. The Morgan fingerprint density at radius 3 is 2.26 bits per heavy atom. The van der Waals surface area contributed by atoms with Crippen molar-refractivity contribution in [3.63, 3.8) is 0 Å². The monoisotopic (exact) mass is 461 g/mol. The van der Waals surface area contributed by atoms with E-state index < -0.39 is 44.5 Å². The highest BCUT2D eigenvalue weighted by atomic mass is 32.2. The largest absolute Gasteiger partial charge is 0.495 e. The molecule has 0 saturated heterocycles. The molecule has 0 fully saturated rings. The number of hydrogen-bond acceptors (Lipinski definition) is 8. The maximum atomic E-state index is 12.7. The second kappa shape index (κ2) is 9.42. The number of amides is 1. The van der Waals surface area contributed by atoms with Gasteiger partial charge >= 0.3 is 6.61 Å². The number of anilines is 2. The highest BCUT2D eigenvalue weighted by molar-refractivity contribution is 7.92. The predicted octanol–water partition coefficient (Wildman–Crippen LogP) is 2.84. The number of nitrogens with one attached hydrogen (secondary N) is 2. The van der Waals surface area contributed by atoms with Gasteiger partial charge in [0, 0.05) is 11.8 Å². The maximum absolute atomic E-state index is 12.7. The Balaban J connectivity index is 2.45. The number of carbonyl (C=O) groups excluding carboxylic acids is 1. The van der Waals surface area contributed by atoms with Crippen LogP contribution in [0.15, 0.2) is 30.3 Å². The van der Waals surface area contributed by atoms with Crippen LogP contribution in [-0.2, 0) is 10.0 Å². The first-order chi connectivity index (χ1) is 14.4. The van der Waals surface area contributed by atoms with Crippen LogP contribution in [-0.4, -0.2) is 46.3 Å². The summed E-state index contributed by atoms with van der Waals surface area (Å²) in [6, 6.07) is 5.48. The Kier molecular flexibility index (Phi) is 7.17. The van der Waals surface area contributed by atoms with Crippen molar-refractivity contribution in [1.29, 1.82) is 0 Å². The Morgan fingerprint density at radius 1 is 1.10 bits per heavy atom. The smallest absolute Gasteiger partial charge is 0.387 e. The molecular formula is C17H17F2N3O8S. The zero-order chi connectivity index (χ0) is 23.3. The zero-order valence-corrected chi connectivity index (χ0v) is 17.2. The molecule has 0 aliphatic heterocycles. The molecule has 0 radical (unpaired) electrons. The molecule has 2 aromatic carbocycles. The van der Waals surface area contributed by atoms with Crippen molar-refractivity contribution in [1.82, 2.24) is 0 Å². The van der Waals surface area contributed by atoms with Crippen molar-refractivity contribution >= 4 is 33.0 Å². The van der Waals surface area contributed by atoms with Crippen molar-refractivity contribution in [2.75, 3.05) is 30.5 Å². The number of benzene rings is 2. The summed E-state index contributed by atoms with van der Waals surface area (Å²) in [5.41, 5.74) is -1.23. The summed E-state index contributed by atoms with van der Waals surface area (Å²) < 4.78 is 64.4. The first kappa shape index (κ1) is 23.6. The van der Waals surface area contributed by atoms with Crippen LogP contribution in [0.1, 0.15) is 10.4 Å². The van der Waals surface area contributed by atoms with Crippen LogP contribution in [0.5, 0.6) is 17.2 Å². The van der Waals surface area contributed by atoms with Crippen LogP contribution >= 0.6 is 0 Å². The van der Waals surface area contributed by atoms with E-state index in [2.05, 4.69) is 14.8 Å². The Morgan fingerprint density at radius 2 is 1.74 bits per heavy atom. The second-order valence-corrected chi connectivity index (χ2v) is 7.65. The van der Waals surface area contributed by atoms with Gasteiger partial charge in [-0.25, -0.2) is 8.42 Å². The number of hydrogen-bond donors (Lipinski definition) is 2. The molecule has 0 aliphatic carbocycles. The number of nitro benzene ring substituents is 1. The fourth-order valence-electron chi connectivity index (χ4n) is 2.49. The van der Waals surface area contributed by atoms with Crippen LogP contribution in [0.2, 0.25) is 0 Å². The number of nitro groups is 1. The maximum Gasteiger partial charge on any atom is 0.387 e. The van der Waals surface area contributed by atoms with Gasteiger partial charge in [0.1, 0.15) is 11.3 Å². The van der Waals surface area contributed by atoms with Gasteiger partial charge in [-0.3, -0.25) is 19.6 Å². The third-order valence-electron chi connectivity index (χ3n) is 3.69. The Labute approximate surface area is 175 Å². The van der Waals surface area contributed by atoms with Gasteiger partial charge in [-0.1, -0.05) is 0 Å². The lowest BCUT2D eigenvalue weighted by molar-refractivity contribution is -0.385. The molecule has 2 aromatic rings. The van der Waals surface area contributed by atoms with Gasteiger partial charge in [0.15, 0.2) is 11.5 Å².